The van der Waals surface area contributed by atoms with E-state index in [1.165, 1.54) is 18.2 Å². The van der Waals surface area contributed by atoms with Crippen molar-refractivity contribution in [2.24, 2.45) is 11.7 Å². The Labute approximate surface area is 177 Å². The van der Waals surface area contributed by atoms with Crippen molar-refractivity contribution >= 4 is 17.5 Å². The summed E-state index contributed by atoms with van der Waals surface area (Å²) in [5, 5.41) is 6.15. The minimum atomic E-state index is -0.861. The van der Waals surface area contributed by atoms with Crippen molar-refractivity contribution in [3.05, 3.63) is 59.7 Å². The van der Waals surface area contributed by atoms with Crippen molar-refractivity contribution in [2.75, 3.05) is 5.32 Å². The largest absolute Gasteiger partial charge is 0.482 e. The quantitative estimate of drug-likeness (QED) is 0.514. The lowest BCUT2D eigenvalue weighted by Gasteiger charge is -2.14. The number of Topliss-reactive ketones (excluding diaryl/α,β-unsaturated/α-hetero) is 1. The maximum Gasteiger partial charge on any atom is 0.316 e. The molecule has 160 valence electrons. The number of aromatic nitrogens is 2. The standard InChI is InChI=1S/C22H21FN4O4/c1-2-18(30-15-8-5-13(6-9-15)19(28)12-3-4-12)20-26-21(31-27-20)14-7-10-17(16(23)11-14)25-22(24)29/h5-12,18H,2-4H2,1H3,(H3,24,25,29). The van der Waals surface area contributed by atoms with Crippen LogP contribution in [-0.2, 0) is 0 Å². The lowest BCUT2D eigenvalue weighted by Crippen LogP contribution is -2.19. The lowest BCUT2D eigenvalue weighted by atomic mass is 10.1. The van der Waals surface area contributed by atoms with E-state index in [1.807, 2.05) is 6.92 Å². The summed E-state index contributed by atoms with van der Waals surface area (Å²) in [5.74, 6) is 0.671. The number of urea groups is 1. The Morgan fingerprint density at radius 3 is 2.61 bits per heavy atom. The highest BCUT2D eigenvalue weighted by Crippen LogP contribution is 2.33. The first-order chi connectivity index (χ1) is 14.9. The Morgan fingerprint density at radius 1 is 1.26 bits per heavy atom. The molecule has 1 saturated carbocycles. The third kappa shape index (κ3) is 4.71. The molecule has 2 aromatic carbocycles. The summed E-state index contributed by atoms with van der Waals surface area (Å²) in [6.45, 7) is 1.91. The molecule has 1 fully saturated rings. The normalized spacial score (nSPS) is 14.1. The van der Waals surface area contributed by atoms with Gasteiger partial charge in [0.1, 0.15) is 11.6 Å². The van der Waals surface area contributed by atoms with Gasteiger partial charge in [0.25, 0.3) is 5.89 Å². The highest BCUT2D eigenvalue weighted by Gasteiger charge is 2.30. The zero-order valence-corrected chi connectivity index (χ0v) is 16.8. The number of benzene rings is 2. The molecule has 31 heavy (non-hydrogen) atoms. The number of hydrogen-bond acceptors (Lipinski definition) is 6. The van der Waals surface area contributed by atoms with E-state index in [9.17, 15) is 14.0 Å². The summed E-state index contributed by atoms with van der Waals surface area (Å²) in [6, 6.07) is 10.2. The zero-order chi connectivity index (χ0) is 22.0. The van der Waals surface area contributed by atoms with E-state index >= 15 is 0 Å². The van der Waals surface area contributed by atoms with Gasteiger partial charge in [-0.3, -0.25) is 4.79 Å². The van der Waals surface area contributed by atoms with Gasteiger partial charge in [0.15, 0.2) is 11.9 Å². The predicted molar refractivity (Wildman–Crippen MR) is 110 cm³/mol. The molecule has 3 N–H and O–H groups in total. The van der Waals surface area contributed by atoms with Gasteiger partial charge < -0.3 is 20.3 Å². The minimum Gasteiger partial charge on any atom is -0.482 e. The Morgan fingerprint density at radius 2 is 2.00 bits per heavy atom. The molecule has 1 heterocycles. The van der Waals surface area contributed by atoms with Gasteiger partial charge >= 0.3 is 6.03 Å². The summed E-state index contributed by atoms with van der Waals surface area (Å²) >= 11 is 0. The Hall–Kier alpha value is -3.75. The number of halogens is 1. The number of ether oxygens (including phenoxy) is 1. The average molecular weight is 424 g/mol. The summed E-state index contributed by atoms with van der Waals surface area (Å²) in [5.41, 5.74) is 5.99. The van der Waals surface area contributed by atoms with Gasteiger partial charge in [0.05, 0.1) is 5.69 Å². The third-order valence-electron chi connectivity index (χ3n) is 4.94. The second kappa shape index (κ2) is 8.55. The van der Waals surface area contributed by atoms with E-state index in [0.717, 1.165) is 12.8 Å². The molecule has 1 unspecified atom stereocenters. The average Bonchev–Trinajstić information content (AvgIpc) is 3.50. The Balaban J connectivity index is 1.47. The number of ketones is 1. The van der Waals surface area contributed by atoms with Crippen molar-refractivity contribution in [1.29, 1.82) is 0 Å². The lowest BCUT2D eigenvalue weighted by molar-refractivity contribution is 0.0967. The molecule has 0 saturated heterocycles. The molecule has 0 aliphatic heterocycles. The van der Waals surface area contributed by atoms with Crippen LogP contribution in [0.4, 0.5) is 14.9 Å². The fourth-order valence-electron chi connectivity index (χ4n) is 3.13. The van der Waals surface area contributed by atoms with Crippen molar-refractivity contribution in [2.45, 2.75) is 32.3 Å². The second-order valence-corrected chi connectivity index (χ2v) is 7.32. The van der Waals surface area contributed by atoms with E-state index < -0.39 is 18.0 Å². The highest BCUT2D eigenvalue weighted by atomic mass is 19.1. The number of hydrogen-bond donors (Lipinski definition) is 2. The van der Waals surface area contributed by atoms with Crippen LogP contribution in [-0.4, -0.2) is 22.0 Å². The first kappa shape index (κ1) is 20.5. The summed E-state index contributed by atoms with van der Waals surface area (Å²) in [7, 11) is 0. The maximum atomic E-state index is 14.1. The van der Waals surface area contributed by atoms with Gasteiger partial charge in [-0.1, -0.05) is 12.1 Å². The minimum absolute atomic E-state index is 0.0469. The van der Waals surface area contributed by atoms with Crippen LogP contribution < -0.4 is 15.8 Å². The molecular weight excluding hydrogens is 403 g/mol. The van der Waals surface area contributed by atoms with Crippen LogP contribution in [0.1, 0.15) is 48.5 Å². The molecule has 2 amide bonds. The maximum absolute atomic E-state index is 14.1. The molecule has 1 aromatic heterocycles. The number of rotatable bonds is 8. The van der Waals surface area contributed by atoms with Crippen LogP contribution >= 0.6 is 0 Å². The molecule has 1 aliphatic rings. The van der Waals surface area contributed by atoms with Crippen LogP contribution in [0.25, 0.3) is 11.5 Å². The van der Waals surface area contributed by atoms with Crippen molar-refractivity contribution < 1.29 is 23.2 Å². The van der Waals surface area contributed by atoms with Gasteiger partial charge in [0.2, 0.25) is 5.82 Å². The molecular formula is C22H21FN4O4. The Kier molecular flexibility index (Phi) is 5.66. The van der Waals surface area contributed by atoms with Gasteiger partial charge in [-0.15, -0.1) is 0 Å². The van der Waals surface area contributed by atoms with E-state index in [-0.39, 0.29) is 23.3 Å². The Bertz CT molecular complexity index is 1110. The van der Waals surface area contributed by atoms with Gasteiger partial charge in [-0.25, -0.2) is 9.18 Å². The number of nitrogens with two attached hydrogens (primary N) is 1. The van der Waals surface area contributed by atoms with Crippen LogP contribution in [0.15, 0.2) is 47.0 Å². The third-order valence-corrected chi connectivity index (χ3v) is 4.94. The number of anilines is 1. The van der Waals surface area contributed by atoms with E-state index in [4.69, 9.17) is 15.0 Å². The molecule has 0 radical (unpaired) electrons. The van der Waals surface area contributed by atoms with E-state index in [0.29, 0.717) is 29.1 Å². The summed E-state index contributed by atoms with van der Waals surface area (Å²) in [6.07, 6.45) is 2.01. The van der Waals surface area contributed by atoms with Gasteiger partial charge in [-0.2, -0.15) is 4.98 Å². The number of carbonyl (C=O) groups excluding carboxylic acids is 2. The number of nitrogens with one attached hydrogen (secondary N) is 1. The van der Waals surface area contributed by atoms with Crippen LogP contribution in [0.3, 0.4) is 0 Å². The number of carbonyl (C=O) groups is 2. The fourth-order valence-corrected chi connectivity index (χ4v) is 3.13. The topological polar surface area (TPSA) is 120 Å². The second-order valence-electron chi connectivity index (χ2n) is 7.32. The van der Waals surface area contributed by atoms with Crippen molar-refractivity contribution in [3.8, 4) is 17.2 Å². The smallest absolute Gasteiger partial charge is 0.316 e. The first-order valence-corrected chi connectivity index (χ1v) is 9.95. The molecule has 0 bridgehead atoms. The molecule has 4 rings (SSSR count). The molecule has 0 spiro atoms. The van der Waals surface area contributed by atoms with E-state index in [1.54, 1.807) is 24.3 Å². The number of nitrogens with zero attached hydrogens (tertiary/aromatic N) is 2. The van der Waals surface area contributed by atoms with Crippen LogP contribution in [0.5, 0.6) is 5.75 Å². The molecule has 3 aromatic rings. The number of amides is 2. The van der Waals surface area contributed by atoms with Crippen molar-refractivity contribution in [1.82, 2.24) is 10.1 Å². The summed E-state index contributed by atoms with van der Waals surface area (Å²) in [4.78, 5) is 27.3. The molecule has 9 heteroatoms. The predicted octanol–water partition coefficient (Wildman–Crippen LogP) is 4.49. The zero-order valence-electron chi connectivity index (χ0n) is 16.8. The van der Waals surface area contributed by atoms with Crippen molar-refractivity contribution in [3.63, 3.8) is 0 Å². The van der Waals surface area contributed by atoms with E-state index in [2.05, 4.69) is 15.5 Å². The molecule has 8 nitrogen and oxygen atoms in total. The van der Waals surface area contributed by atoms with Gasteiger partial charge in [0, 0.05) is 17.0 Å². The molecule has 1 aliphatic carbocycles. The monoisotopic (exact) mass is 424 g/mol. The number of primary amides is 1. The fraction of sp³-hybridized carbons (Fsp3) is 0.273. The summed E-state index contributed by atoms with van der Waals surface area (Å²) < 4.78 is 25.4. The molecule has 1 atom stereocenters. The van der Waals surface area contributed by atoms with Crippen LogP contribution in [0, 0.1) is 11.7 Å². The van der Waals surface area contributed by atoms with Crippen LogP contribution in [0.2, 0.25) is 0 Å². The highest BCUT2D eigenvalue weighted by molar-refractivity contribution is 5.99. The van der Waals surface area contributed by atoms with Gasteiger partial charge in [-0.05, 0) is 61.7 Å². The first-order valence-electron chi connectivity index (χ1n) is 9.95. The SMILES string of the molecule is CCC(Oc1ccc(C(=O)C2CC2)cc1)c1noc(-c2ccc(NC(N)=O)c(F)c2)n1.